The molecule has 1 aromatic heterocycles. The Hall–Kier alpha value is -4.37. The van der Waals surface area contributed by atoms with Gasteiger partial charge in [-0.15, -0.1) is 0 Å². The lowest BCUT2D eigenvalue weighted by Crippen LogP contribution is -2.40. The van der Waals surface area contributed by atoms with Crippen LogP contribution < -0.4 is 29.1 Å². The summed E-state index contributed by atoms with van der Waals surface area (Å²) in [5.41, 5.74) is 1.96. The van der Waals surface area contributed by atoms with E-state index in [-0.39, 0.29) is 11.1 Å². The van der Waals surface area contributed by atoms with Gasteiger partial charge in [-0.2, -0.15) is 0 Å². The fourth-order valence-corrected chi connectivity index (χ4v) is 6.03. The van der Waals surface area contributed by atoms with Gasteiger partial charge in [0.05, 0.1) is 43.7 Å². The third-order valence-electron chi connectivity index (χ3n) is 6.83. The molecule has 9 heteroatoms. The maximum Gasteiger partial charge on any atom is 0.338 e. The zero-order chi connectivity index (χ0) is 28.4. The van der Waals surface area contributed by atoms with Crippen molar-refractivity contribution in [1.29, 1.82) is 0 Å². The van der Waals surface area contributed by atoms with E-state index in [2.05, 4.69) is 4.99 Å². The fourth-order valence-electron chi connectivity index (χ4n) is 4.99. The first-order valence-electron chi connectivity index (χ1n) is 12.9. The van der Waals surface area contributed by atoms with Crippen LogP contribution in [0, 0.1) is 0 Å². The Balaban J connectivity index is 1.78. The van der Waals surface area contributed by atoms with Gasteiger partial charge in [-0.05, 0) is 42.5 Å². The number of fused-ring (bicyclic) bond motifs is 2. The van der Waals surface area contributed by atoms with Crippen molar-refractivity contribution in [1.82, 2.24) is 4.57 Å². The molecule has 0 saturated heterocycles. The Bertz CT molecular complexity index is 1820. The molecule has 1 aliphatic heterocycles. The largest absolute Gasteiger partial charge is 0.496 e. The number of carbonyl (C=O) groups excluding carboxylic acids is 1. The fraction of sp³-hybridized carbons (Fsp3) is 0.258. The Labute approximate surface area is 235 Å². The normalized spacial score (nSPS) is 15.0. The second kappa shape index (κ2) is 11.4. The molecule has 0 unspecified atom stereocenters. The number of ether oxygens (including phenoxy) is 4. The van der Waals surface area contributed by atoms with E-state index < -0.39 is 12.0 Å². The average Bonchev–Trinajstić information content (AvgIpc) is 3.28. The number of nitrogens with zero attached hydrogens (tertiary/aromatic N) is 2. The van der Waals surface area contributed by atoms with Crippen LogP contribution in [-0.2, 0) is 9.53 Å². The first-order chi connectivity index (χ1) is 19.4. The molecular formula is C31H30N2O6S. The van der Waals surface area contributed by atoms with Crippen molar-refractivity contribution in [3.8, 4) is 17.2 Å². The van der Waals surface area contributed by atoms with Crippen molar-refractivity contribution in [2.45, 2.75) is 26.3 Å². The average molecular weight is 559 g/mol. The van der Waals surface area contributed by atoms with E-state index in [1.165, 1.54) is 18.4 Å². The number of hydrogen-bond donors (Lipinski definition) is 0. The Kier molecular flexibility index (Phi) is 7.75. The topological polar surface area (TPSA) is 88.4 Å². The van der Waals surface area contributed by atoms with Gasteiger partial charge in [0.15, 0.2) is 16.3 Å². The van der Waals surface area contributed by atoms with Gasteiger partial charge in [-0.3, -0.25) is 9.36 Å². The van der Waals surface area contributed by atoms with Crippen molar-refractivity contribution in [2.75, 3.05) is 27.9 Å². The number of rotatable bonds is 8. The minimum atomic E-state index is -0.819. The van der Waals surface area contributed by atoms with Crippen LogP contribution in [0.1, 0.15) is 37.4 Å². The Morgan fingerprint density at radius 3 is 2.45 bits per heavy atom. The molecule has 8 nitrogen and oxygen atoms in total. The van der Waals surface area contributed by atoms with E-state index >= 15 is 0 Å². The highest BCUT2D eigenvalue weighted by Gasteiger charge is 2.35. The van der Waals surface area contributed by atoms with Gasteiger partial charge in [-0.1, -0.05) is 60.7 Å². The van der Waals surface area contributed by atoms with E-state index in [0.29, 0.717) is 38.7 Å². The minimum Gasteiger partial charge on any atom is -0.496 e. The molecule has 0 fully saturated rings. The van der Waals surface area contributed by atoms with Crippen LogP contribution in [0.2, 0.25) is 0 Å². The molecule has 1 aliphatic rings. The van der Waals surface area contributed by atoms with Gasteiger partial charge in [0, 0.05) is 10.9 Å². The van der Waals surface area contributed by atoms with Crippen molar-refractivity contribution >= 4 is 34.2 Å². The maximum absolute atomic E-state index is 14.1. The van der Waals surface area contributed by atoms with Crippen LogP contribution in [0.25, 0.3) is 16.8 Å². The predicted octanol–water partition coefficient (Wildman–Crippen LogP) is 4.37. The van der Waals surface area contributed by atoms with Crippen LogP contribution in [0.3, 0.4) is 0 Å². The quantitative estimate of drug-likeness (QED) is 0.299. The molecule has 0 saturated carbocycles. The molecule has 206 valence electrons. The van der Waals surface area contributed by atoms with E-state index in [0.717, 1.165) is 28.5 Å². The van der Waals surface area contributed by atoms with Crippen molar-refractivity contribution in [2.24, 2.45) is 4.99 Å². The highest BCUT2D eigenvalue weighted by molar-refractivity contribution is 7.07. The van der Waals surface area contributed by atoms with E-state index in [4.69, 9.17) is 18.9 Å². The van der Waals surface area contributed by atoms with Crippen molar-refractivity contribution < 1.29 is 23.7 Å². The number of para-hydroxylation sites is 1. The molecule has 0 radical (unpaired) electrons. The summed E-state index contributed by atoms with van der Waals surface area (Å²) in [6, 6.07) is 16.3. The molecule has 4 aromatic rings. The molecule has 3 aromatic carbocycles. The lowest BCUT2D eigenvalue weighted by molar-refractivity contribution is -0.136. The summed E-state index contributed by atoms with van der Waals surface area (Å²) in [7, 11) is 4.52. The van der Waals surface area contributed by atoms with E-state index in [1.807, 2.05) is 61.5 Å². The molecule has 2 heterocycles. The number of benzene rings is 3. The van der Waals surface area contributed by atoms with Gasteiger partial charge >= 0.3 is 5.97 Å². The number of methoxy groups -OCH3 is 3. The molecule has 5 rings (SSSR count). The number of allylic oxidation sites excluding steroid dienone is 1. The molecule has 0 amide bonds. The standard InChI is InChI=1S/C31H30N2O6S/c1-6-16-39-28-22(12-9-13-24(28)37-4)27-26(30(35)38-5)18(2)32-31-33(27)29(34)25(40-31)17-19-14-15-23(36-3)21-11-8-7-10-20(19)21/h7-15,17,27H,6,16H2,1-5H3/b25-17+/t27-/m0/s1. The number of esters is 1. The van der Waals surface area contributed by atoms with Crippen LogP contribution >= 0.6 is 11.3 Å². The third-order valence-corrected chi connectivity index (χ3v) is 7.81. The lowest BCUT2D eigenvalue weighted by atomic mass is 9.94. The third kappa shape index (κ3) is 4.66. The second-order valence-electron chi connectivity index (χ2n) is 9.20. The first kappa shape index (κ1) is 27.2. The summed E-state index contributed by atoms with van der Waals surface area (Å²) >= 11 is 1.27. The van der Waals surface area contributed by atoms with Gasteiger partial charge < -0.3 is 18.9 Å². The zero-order valence-corrected chi connectivity index (χ0v) is 23.8. The Morgan fingerprint density at radius 1 is 1.00 bits per heavy atom. The smallest absolute Gasteiger partial charge is 0.338 e. The van der Waals surface area contributed by atoms with E-state index in [9.17, 15) is 9.59 Å². The maximum atomic E-state index is 14.1. The molecule has 0 aliphatic carbocycles. The minimum absolute atomic E-state index is 0.269. The zero-order valence-electron chi connectivity index (χ0n) is 23.0. The number of hydrogen-bond acceptors (Lipinski definition) is 8. The van der Waals surface area contributed by atoms with Crippen LogP contribution in [-0.4, -0.2) is 38.5 Å². The lowest BCUT2D eigenvalue weighted by Gasteiger charge is -2.26. The summed E-state index contributed by atoms with van der Waals surface area (Å²) in [6.07, 6.45) is 2.63. The second-order valence-corrected chi connectivity index (χ2v) is 10.2. The summed E-state index contributed by atoms with van der Waals surface area (Å²) in [4.78, 5) is 32.4. The molecule has 1 atom stereocenters. The number of thiazole rings is 1. The monoisotopic (exact) mass is 558 g/mol. The Morgan fingerprint density at radius 2 is 1.75 bits per heavy atom. The summed E-state index contributed by atoms with van der Waals surface area (Å²) < 4.78 is 24.5. The molecule has 0 N–H and O–H groups in total. The van der Waals surface area contributed by atoms with Gasteiger partial charge in [0.1, 0.15) is 11.8 Å². The van der Waals surface area contributed by atoms with Gasteiger partial charge in [0.25, 0.3) is 5.56 Å². The van der Waals surface area contributed by atoms with Gasteiger partial charge in [0.2, 0.25) is 0 Å². The molecule has 0 spiro atoms. The molecule has 40 heavy (non-hydrogen) atoms. The summed E-state index contributed by atoms with van der Waals surface area (Å²) in [5, 5.41) is 1.90. The number of aromatic nitrogens is 1. The molecular weight excluding hydrogens is 528 g/mol. The van der Waals surface area contributed by atoms with Crippen molar-refractivity contribution in [3.05, 3.63) is 96.7 Å². The van der Waals surface area contributed by atoms with Gasteiger partial charge in [-0.25, -0.2) is 9.79 Å². The first-order valence-corrected chi connectivity index (χ1v) is 13.7. The van der Waals surface area contributed by atoms with E-state index in [1.54, 1.807) is 31.8 Å². The van der Waals surface area contributed by atoms with Crippen molar-refractivity contribution in [3.63, 3.8) is 0 Å². The highest BCUT2D eigenvalue weighted by atomic mass is 32.1. The molecule has 0 bridgehead atoms. The predicted molar refractivity (Wildman–Crippen MR) is 155 cm³/mol. The SMILES string of the molecule is CCCOc1c(OC)cccc1[C@H]1C(C(=O)OC)=C(C)N=c2s/c(=C/c3ccc(OC)c4ccccc34)c(=O)n21. The summed E-state index contributed by atoms with van der Waals surface area (Å²) in [6.45, 7) is 4.20. The van der Waals surface area contributed by atoms with Crippen LogP contribution in [0.4, 0.5) is 0 Å². The van der Waals surface area contributed by atoms with Crippen LogP contribution in [0.5, 0.6) is 17.2 Å². The highest BCUT2D eigenvalue weighted by Crippen LogP contribution is 2.41. The van der Waals surface area contributed by atoms with Crippen LogP contribution in [0.15, 0.2) is 75.7 Å². The number of carbonyl (C=O) groups is 1. The summed E-state index contributed by atoms with van der Waals surface area (Å²) in [5.74, 6) is 1.18.